The fourth-order valence-corrected chi connectivity index (χ4v) is 7.03. The number of aliphatic hydroxyl groups is 1. The first-order chi connectivity index (χ1) is 17.3. The highest BCUT2D eigenvalue weighted by Crippen LogP contribution is 2.47. The third kappa shape index (κ3) is 4.61. The standard InChI is InChI=1S/C26H22BrCl2FN2O3S/c27-16-10-21-20(11-19(16)30)31-25(36-21)26(33)8-6-14(7-9-26)34-12-15-23(32-35-24(15)13-4-5-13)22-17(28)2-1-3-18(22)29/h1-3,10-11,13-14,33H,4-9,12H2/t14-,26+. The lowest BCUT2D eigenvalue weighted by Gasteiger charge is -2.34. The van der Waals surface area contributed by atoms with E-state index in [0.717, 1.165) is 28.9 Å². The number of thiazole rings is 1. The highest BCUT2D eigenvalue weighted by atomic mass is 79.9. The number of ether oxygens (including phenoxy) is 1. The Labute approximate surface area is 229 Å². The van der Waals surface area contributed by atoms with Gasteiger partial charge in [0.05, 0.1) is 37.4 Å². The van der Waals surface area contributed by atoms with Crippen molar-refractivity contribution in [3.05, 3.63) is 67.0 Å². The van der Waals surface area contributed by atoms with Crippen LogP contribution in [0.5, 0.6) is 0 Å². The van der Waals surface area contributed by atoms with Crippen molar-refractivity contribution < 1.29 is 18.8 Å². The van der Waals surface area contributed by atoms with Gasteiger partial charge in [-0.2, -0.15) is 0 Å². The SMILES string of the molecule is O[C@]1(c2nc3cc(F)c(Br)cc3s2)CC[C@H](OCc2c(-c3c(Cl)cccc3Cl)noc2C2CC2)CC1. The van der Waals surface area contributed by atoms with Crippen molar-refractivity contribution in [1.29, 1.82) is 0 Å². The summed E-state index contributed by atoms with van der Waals surface area (Å²) in [5, 5.41) is 17.4. The molecule has 36 heavy (non-hydrogen) atoms. The Bertz CT molecular complexity index is 1390. The lowest BCUT2D eigenvalue weighted by atomic mass is 9.83. The first kappa shape index (κ1) is 24.8. The number of hydrogen-bond acceptors (Lipinski definition) is 6. The van der Waals surface area contributed by atoms with Gasteiger partial charge in [0.15, 0.2) is 0 Å². The van der Waals surface area contributed by atoms with E-state index >= 15 is 0 Å². The van der Waals surface area contributed by atoms with Crippen LogP contribution in [0.1, 0.15) is 60.8 Å². The average molecular weight is 612 g/mol. The summed E-state index contributed by atoms with van der Waals surface area (Å²) < 4.78 is 27.2. The summed E-state index contributed by atoms with van der Waals surface area (Å²) >= 11 is 17.6. The van der Waals surface area contributed by atoms with E-state index in [4.69, 9.17) is 32.5 Å². The van der Waals surface area contributed by atoms with Gasteiger partial charge in [-0.25, -0.2) is 9.37 Å². The quantitative estimate of drug-likeness (QED) is 0.237. The zero-order valence-electron chi connectivity index (χ0n) is 19.1. The Kier molecular flexibility index (Phi) is 6.63. The van der Waals surface area contributed by atoms with Crippen LogP contribution in [-0.2, 0) is 16.9 Å². The zero-order chi connectivity index (χ0) is 25.0. The van der Waals surface area contributed by atoms with Gasteiger partial charge in [-0.15, -0.1) is 11.3 Å². The summed E-state index contributed by atoms with van der Waals surface area (Å²) in [7, 11) is 0. The number of benzene rings is 2. The summed E-state index contributed by atoms with van der Waals surface area (Å²) in [5.41, 5.74) is 1.71. The molecule has 2 aromatic carbocycles. The van der Waals surface area contributed by atoms with Crippen molar-refractivity contribution in [1.82, 2.24) is 10.1 Å². The van der Waals surface area contributed by atoms with Crippen LogP contribution in [0.25, 0.3) is 21.5 Å². The lowest BCUT2D eigenvalue weighted by Crippen LogP contribution is -2.34. The molecule has 0 aliphatic heterocycles. The van der Waals surface area contributed by atoms with Crippen LogP contribution in [0.3, 0.4) is 0 Å². The van der Waals surface area contributed by atoms with E-state index in [-0.39, 0.29) is 11.9 Å². The summed E-state index contributed by atoms with van der Waals surface area (Å²) in [6.07, 6.45) is 4.50. The predicted octanol–water partition coefficient (Wildman–Crippen LogP) is 8.38. The number of hydrogen-bond donors (Lipinski definition) is 1. The lowest BCUT2D eigenvalue weighted by molar-refractivity contribution is -0.0640. The van der Waals surface area contributed by atoms with Crippen LogP contribution in [-0.4, -0.2) is 21.4 Å². The molecule has 0 radical (unpaired) electrons. The van der Waals surface area contributed by atoms with Gasteiger partial charge in [-0.1, -0.05) is 34.4 Å². The third-order valence-electron chi connectivity index (χ3n) is 7.02. The van der Waals surface area contributed by atoms with Gasteiger partial charge in [0.25, 0.3) is 0 Å². The van der Waals surface area contributed by atoms with E-state index in [0.29, 0.717) is 74.5 Å². The summed E-state index contributed by atoms with van der Waals surface area (Å²) in [4.78, 5) is 4.54. The number of halogens is 4. The van der Waals surface area contributed by atoms with Crippen LogP contribution < -0.4 is 0 Å². The molecule has 2 fully saturated rings. The Morgan fingerprint density at radius 1 is 1.17 bits per heavy atom. The monoisotopic (exact) mass is 610 g/mol. The maximum atomic E-state index is 13.9. The molecule has 2 saturated carbocycles. The molecule has 1 N–H and O–H groups in total. The molecular weight excluding hydrogens is 590 g/mol. The molecule has 0 saturated heterocycles. The van der Waals surface area contributed by atoms with E-state index in [1.165, 1.54) is 17.4 Å². The zero-order valence-corrected chi connectivity index (χ0v) is 23.0. The van der Waals surface area contributed by atoms with E-state index in [2.05, 4.69) is 26.1 Å². The van der Waals surface area contributed by atoms with Gasteiger partial charge >= 0.3 is 0 Å². The summed E-state index contributed by atoms with van der Waals surface area (Å²) in [5.74, 6) is 0.841. The molecule has 0 spiro atoms. The summed E-state index contributed by atoms with van der Waals surface area (Å²) in [6, 6.07) is 8.49. The Hall–Kier alpha value is -1.55. The second-order valence-electron chi connectivity index (χ2n) is 9.54. The van der Waals surface area contributed by atoms with Crippen LogP contribution >= 0.6 is 50.5 Å². The number of aromatic nitrogens is 2. The molecule has 188 valence electrons. The maximum Gasteiger partial charge on any atom is 0.145 e. The van der Waals surface area contributed by atoms with Crippen molar-refractivity contribution in [3.63, 3.8) is 0 Å². The minimum absolute atomic E-state index is 0.0252. The van der Waals surface area contributed by atoms with Gasteiger partial charge < -0.3 is 14.4 Å². The largest absolute Gasteiger partial charge is 0.383 e. The molecule has 0 bridgehead atoms. The molecule has 4 aromatic rings. The fourth-order valence-electron chi connectivity index (χ4n) is 4.82. The highest BCUT2D eigenvalue weighted by molar-refractivity contribution is 9.10. The Morgan fingerprint density at radius 3 is 2.58 bits per heavy atom. The number of rotatable bonds is 6. The average Bonchev–Trinajstić information content (AvgIpc) is 3.48. The van der Waals surface area contributed by atoms with Crippen molar-refractivity contribution in [3.8, 4) is 11.3 Å². The smallest absolute Gasteiger partial charge is 0.145 e. The van der Waals surface area contributed by atoms with E-state index in [1.807, 2.05) is 0 Å². The first-order valence-corrected chi connectivity index (χ1v) is 14.2. The van der Waals surface area contributed by atoms with E-state index in [1.54, 1.807) is 24.3 Å². The van der Waals surface area contributed by atoms with Crippen LogP contribution in [0.2, 0.25) is 10.0 Å². The predicted molar refractivity (Wildman–Crippen MR) is 142 cm³/mol. The minimum atomic E-state index is -1.04. The molecule has 5 nitrogen and oxygen atoms in total. The van der Waals surface area contributed by atoms with Crippen molar-refractivity contribution in [2.24, 2.45) is 0 Å². The van der Waals surface area contributed by atoms with Gasteiger partial charge in [-0.05, 0) is 72.7 Å². The fraction of sp³-hybridized carbons (Fsp3) is 0.385. The van der Waals surface area contributed by atoms with Crippen LogP contribution in [0.15, 0.2) is 39.3 Å². The normalized spacial score (nSPS) is 22.4. The Morgan fingerprint density at radius 2 is 1.89 bits per heavy atom. The van der Waals surface area contributed by atoms with Crippen molar-refractivity contribution >= 4 is 60.7 Å². The van der Waals surface area contributed by atoms with Crippen LogP contribution in [0, 0.1) is 5.82 Å². The highest BCUT2D eigenvalue weighted by Gasteiger charge is 2.39. The molecule has 0 unspecified atom stereocenters. The molecule has 6 rings (SSSR count). The number of nitrogens with zero attached hydrogens (tertiary/aromatic N) is 2. The number of fused-ring (bicyclic) bond motifs is 1. The Balaban J connectivity index is 1.18. The molecule has 2 aliphatic carbocycles. The van der Waals surface area contributed by atoms with Gasteiger partial charge in [0, 0.05) is 23.1 Å². The van der Waals surface area contributed by atoms with Gasteiger partial charge in [0.1, 0.15) is 27.9 Å². The second-order valence-corrected chi connectivity index (χ2v) is 12.2. The minimum Gasteiger partial charge on any atom is -0.383 e. The molecule has 0 atom stereocenters. The second kappa shape index (κ2) is 9.64. The maximum absolute atomic E-state index is 13.9. The topological polar surface area (TPSA) is 68.4 Å². The van der Waals surface area contributed by atoms with Crippen molar-refractivity contribution in [2.75, 3.05) is 0 Å². The van der Waals surface area contributed by atoms with Gasteiger partial charge in [-0.3, -0.25) is 0 Å². The molecule has 2 aromatic heterocycles. The van der Waals surface area contributed by atoms with Gasteiger partial charge in [0.2, 0.25) is 0 Å². The molecule has 0 amide bonds. The first-order valence-electron chi connectivity index (χ1n) is 11.9. The van der Waals surface area contributed by atoms with Crippen LogP contribution in [0.4, 0.5) is 4.39 Å². The summed E-state index contributed by atoms with van der Waals surface area (Å²) in [6.45, 7) is 0.337. The molecular formula is C26H22BrCl2FN2O3S. The van der Waals surface area contributed by atoms with E-state index < -0.39 is 5.60 Å². The third-order valence-corrected chi connectivity index (χ3v) is 9.47. The molecule has 2 heterocycles. The molecule has 10 heteroatoms. The molecule has 2 aliphatic rings. The van der Waals surface area contributed by atoms with Crippen molar-refractivity contribution in [2.45, 2.75) is 62.8 Å². The van der Waals surface area contributed by atoms with E-state index in [9.17, 15) is 9.50 Å².